The molecule has 0 saturated carbocycles. The van der Waals surface area contributed by atoms with E-state index in [1.165, 1.54) is 0 Å². The molecule has 0 aliphatic heterocycles. The Labute approximate surface area is 61.2 Å². The maximum atomic E-state index is 0. The van der Waals surface area contributed by atoms with Crippen molar-refractivity contribution >= 4 is 27.3 Å². The van der Waals surface area contributed by atoms with Crippen LogP contribution in [0, 0.1) is 0 Å². The van der Waals surface area contributed by atoms with Crippen LogP contribution in [0.4, 0.5) is 0 Å². The van der Waals surface area contributed by atoms with Gasteiger partial charge in [0.05, 0.1) is 0 Å². The largest absolute Gasteiger partial charge is 0.187 e. The van der Waals surface area contributed by atoms with Crippen molar-refractivity contribution in [3.05, 3.63) is 0 Å². The second-order valence-corrected chi connectivity index (χ2v) is 0. The monoisotopic (exact) mass is 175 g/mol. The molecule has 29 valence electrons. The van der Waals surface area contributed by atoms with Crippen molar-refractivity contribution in [3.8, 4) is 0 Å². The minimum absolute atomic E-state index is 0. The fourth-order valence-corrected chi connectivity index (χ4v) is 0. The van der Waals surface area contributed by atoms with E-state index in [9.17, 15) is 0 Å². The van der Waals surface area contributed by atoms with Crippen molar-refractivity contribution in [2.75, 3.05) is 0 Å². The van der Waals surface area contributed by atoms with Crippen LogP contribution in [-0.2, 0) is 34.1 Å². The summed E-state index contributed by atoms with van der Waals surface area (Å²) in [5.74, 6) is 0. The van der Waals surface area contributed by atoms with Gasteiger partial charge in [0.25, 0.3) is 0 Å². The summed E-state index contributed by atoms with van der Waals surface area (Å²) in [4.78, 5) is 0. The van der Waals surface area contributed by atoms with Gasteiger partial charge >= 0.3 is 0 Å². The molecule has 1 unspecified atom stereocenters. The first kappa shape index (κ1) is 37.5. The Morgan fingerprint density at radius 2 is 1.00 bits per heavy atom. The maximum Gasteiger partial charge on any atom is 0.187 e. The second kappa shape index (κ2) is 20.0. The summed E-state index contributed by atoms with van der Waals surface area (Å²) in [5, 5.41) is 0. The summed E-state index contributed by atoms with van der Waals surface area (Å²) in [6.45, 7) is 0. The zero-order valence-corrected chi connectivity index (χ0v) is 5.14. The summed E-state index contributed by atoms with van der Waals surface area (Å²) < 4.78 is 0. The van der Waals surface area contributed by atoms with Crippen LogP contribution >= 0.6 is 9.90 Å². The van der Waals surface area contributed by atoms with Gasteiger partial charge in [-0.15, -0.1) is 0 Å². The number of hydrogen-bond acceptors (Lipinski definition) is 0. The molecule has 0 saturated heterocycles. The Hall–Kier alpha value is 2.00. The Balaban J connectivity index is 0. The van der Waals surface area contributed by atoms with Gasteiger partial charge in [0.2, 0.25) is 0 Å². The van der Waals surface area contributed by atoms with E-state index in [0.717, 1.165) is 0 Å². The summed E-state index contributed by atoms with van der Waals surface area (Å²) in [7, 11) is 0. The molecule has 0 N–H and O–H groups in total. The maximum absolute atomic E-state index is 0. The summed E-state index contributed by atoms with van der Waals surface area (Å²) in [5.41, 5.74) is 0. The van der Waals surface area contributed by atoms with E-state index >= 15 is 0 Å². The second-order valence-electron chi connectivity index (χ2n) is 0. The molecule has 0 amide bonds. The third-order valence-electron chi connectivity index (χ3n) is 0. The standard InChI is InChI=1S/Al.Fe.Mn.H3P.3H/h;;;1H3;;;. The van der Waals surface area contributed by atoms with Crippen LogP contribution in [-0.4, -0.2) is 17.4 Å². The first-order valence-corrected chi connectivity index (χ1v) is 0. The van der Waals surface area contributed by atoms with E-state index in [-0.39, 0.29) is 61.4 Å². The normalized spacial score (nSPS) is 0. The van der Waals surface area contributed by atoms with Gasteiger partial charge in [-0.2, -0.15) is 9.90 Å². The summed E-state index contributed by atoms with van der Waals surface area (Å²) in [6.07, 6.45) is 0. The van der Waals surface area contributed by atoms with E-state index < -0.39 is 0 Å². The molecule has 4 heteroatoms. The van der Waals surface area contributed by atoms with E-state index in [2.05, 4.69) is 0 Å². The van der Waals surface area contributed by atoms with Crippen molar-refractivity contribution in [1.82, 2.24) is 0 Å². The summed E-state index contributed by atoms with van der Waals surface area (Å²) >= 11 is 0. The van der Waals surface area contributed by atoms with Crippen LogP contribution in [0.5, 0.6) is 0 Å². The van der Waals surface area contributed by atoms with Gasteiger partial charge in [-0.25, -0.2) is 0 Å². The van der Waals surface area contributed by atoms with Gasteiger partial charge in [0.15, 0.2) is 17.4 Å². The molecule has 0 fully saturated rings. The molecule has 0 nitrogen and oxygen atoms in total. The zero-order chi connectivity index (χ0) is 0. The van der Waals surface area contributed by atoms with Gasteiger partial charge in [0.1, 0.15) is 0 Å². The van der Waals surface area contributed by atoms with Crippen molar-refractivity contribution in [2.24, 2.45) is 0 Å². The molecule has 1 atom stereocenters. The molecular formula is H6AlFeMnP. The Bertz CT molecular complexity index is 8.00. The predicted octanol–water partition coefficient (Wildman–Crippen LogP) is -1.13. The van der Waals surface area contributed by atoms with Crippen molar-refractivity contribution in [1.29, 1.82) is 0 Å². The molecule has 0 bridgehead atoms. The van der Waals surface area contributed by atoms with Crippen LogP contribution in [0.25, 0.3) is 0 Å². The Morgan fingerprint density at radius 3 is 1.00 bits per heavy atom. The van der Waals surface area contributed by atoms with Gasteiger partial charge in [0, 0.05) is 34.1 Å². The minimum Gasteiger partial charge on any atom is -0.153 e. The van der Waals surface area contributed by atoms with E-state index in [0.29, 0.717) is 0 Å². The van der Waals surface area contributed by atoms with E-state index in [4.69, 9.17) is 0 Å². The van der Waals surface area contributed by atoms with Crippen molar-refractivity contribution in [3.63, 3.8) is 0 Å². The van der Waals surface area contributed by atoms with Crippen LogP contribution in [0.2, 0.25) is 0 Å². The van der Waals surface area contributed by atoms with Crippen molar-refractivity contribution < 1.29 is 34.1 Å². The number of rotatable bonds is 0. The molecule has 0 aliphatic carbocycles. The third-order valence-corrected chi connectivity index (χ3v) is 0. The van der Waals surface area contributed by atoms with Gasteiger partial charge < -0.3 is 0 Å². The molecule has 0 aliphatic rings. The van der Waals surface area contributed by atoms with Crippen LogP contribution in [0.15, 0.2) is 0 Å². The van der Waals surface area contributed by atoms with E-state index in [1.54, 1.807) is 0 Å². The average Bonchev–Trinajstić information content (AvgIpc) is 0. The molecule has 0 aromatic rings. The van der Waals surface area contributed by atoms with Crippen LogP contribution in [0.1, 0.15) is 0 Å². The van der Waals surface area contributed by atoms with E-state index in [1.807, 2.05) is 0 Å². The molecule has 0 aromatic carbocycles. The first-order chi connectivity index (χ1) is 0. The first-order valence-electron chi connectivity index (χ1n) is 0. The van der Waals surface area contributed by atoms with Crippen LogP contribution < -0.4 is 0 Å². The molecule has 0 rings (SSSR count). The SMILES string of the molecule is P.[AlH3].[Fe].[Mn]. The fraction of sp³-hybridized carbons (Fsp3) is 0. The van der Waals surface area contributed by atoms with Gasteiger partial charge in [-0.3, -0.25) is 0 Å². The zero-order valence-electron chi connectivity index (χ0n) is 1.44. The van der Waals surface area contributed by atoms with Gasteiger partial charge in [-0.1, -0.05) is 0 Å². The molecule has 4 heavy (non-hydrogen) atoms. The molecular weight excluding hydrogens is 169 g/mol. The fourth-order valence-electron chi connectivity index (χ4n) is 0. The predicted molar refractivity (Wildman–Crippen MR) is 21.0 cm³/mol. The topological polar surface area (TPSA) is 0 Å². The molecule has 1 radical (unpaired) electrons. The van der Waals surface area contributed by atoms with Gasteiger partial charge in [-0.05, 0) is 0 Å². The minimum atomic E-state index is 0. The third kappa shape index (κ3) is 9.00. The molecule has 0 spiro atoms. The summed E-state index contributed by atoms with van der Waals surface area (Å²) in [6, 6.07) is 0. The Morgan fingerprint density at radius 1 is 1.00 bits per heavy atom. The number of hydrogen-bond donors (Lipinski definition) is 0. The smallest absolute Gasteiger partial charge is 0.153 e. The van der Waals surface area contributed by atoms with Crippen molar-refractivity contribution in [2.45, 2.75) is 0 Å². The Kier molecular flexibility index (Phi) is 187. The van der Waals surface area contributed by atoms with Crippen LogP contribution in [0.3, 0.4) is 0 Å². The molecule has 0 aromatic heterocycles. The quantitative estimate of drug-likeness (QED) is 0.322. The molecule has 0 heterocycles. The average molecular weight is 175 g/mol.